The number of carbonyl (C=O) groups is 9. The van der Waals surface area contributed by atoms with Gasteiger partial charge in [-0.25, -0.2) is 53.3 Å². The number of nitrogens with zero attached hydrogens (tertiary/aromatic N) is 3. The second kappa shape index (κ2) is 66.0. The minimum absolute atomic E-state index is 0. The number of para-hydroxylation sites is 3. The molecule has 730 valence electrons. The highest BCUT2D eigenvalue weighted by molar-refractivity contribution is 15.0. The van der Waals surface area contributed by atoms with Crippen molar-refractivity contribution >= 4 is 281 Å². The van der Waals surface area contributed by atoms with Crippen molar-refractivity contribution in [1.29, 1.82) is 0 Å². The Hall–Kier alpha value is -8.78. The van der Waals surface area contributed by atoms with E-state index in [1.807, 2.05) is 149 Å². The van der Waals surface area contributed by atoms with Crippen LogP contribution in [0.5, 0.6) is 51.7 Å². The van der Waals surface area contributed by atoms with E-state index in [1.165, 1.54) is 46.1 Å². The maximum absolute atomic E-state index is 12.7. The van der Waals surface area contributed by atoms with Gasteiger partial charge in [0.25, 0.3) is 5.56 Å². The fourth-order valence-corrected chi connectivity index (χ4v) is 12.0. The van der Waals surface area contributed by atoms with Crippen LogP contribution in [0, 0.1) is 34.6 Å². The van der Waals surface area contributed by atoms with E-state index in [0.29, 0.717) is 79.6 Å². The Bertz CT molecular complexity index is 6100. The number of aromatic carboxylic acids is 1. The fourth-order valence-electron chi connectivity index (χ4n) is 12.0. The summed E-state index contributed by atoms with van der Waals surface area (Å²) in [5.74, 6) is -2.78. The first-order valence-electron chi connectivity index (χ1n) is 41.1. The largest absolute Gasteiger partial charge is 0.505 e. The number of aromatic hydroxyl groups is 3. The molecule has 0 radical (unpaired) electrons. The van der Waals surface area contributed by atoms with Gasteiger partial charge in [-0.05, 0) is 187 Å². The number of hydrogen-bond donors (Lipinski definition) is 5. The zero-order valence-corrected chi connectivity index (χ0v) is 95.4. The van der Waals surface area contributed by atoms with Crippen LogP contribution in [-0.2, 0) is 28.4 Å². The molecular formula is C100H103I9N4O24. The number of alkyl halides is 7. The number of pyridine rings is 3. The van der Waals surface area contributed by atoms with Crippen molar-refractivity contribution in [3.8, 4) is 63.1 Å². The quantitative estimate of drug-likeness (QED) is 0.00755. The molecule has 37 heteroatoms. The second-order valence-corrected chi connectivity index (χ2v) is 42.9. The summed E-state index contributed by atoms with van der Waals surface area (Å²) < 4.78 is 53.9. The number of oxazole rings is 1. The van der Waals surface area contributed by atoms with Gasteiger partial charge in [-0.3, -0.25) is 9.59 Å². The lowest BCUT2D eigenvalue weighted by Crippen LogP contribution is -2.15. The van der Waals surface area contributed by atoms with Crippen LogP contribution in [0.2, 0.25) is 0 Å². The number of aryl methyl sites for hydroxylation is 5. The Labute approximate surface area is 913 Å². The van der Waals surface area contributed by atoms with Crippen LogP contribution < -0.4 is 19.8 Å². The smallest absolute Gasteiger partial charge is 0.360 e. The van der Waals surface area contributed by atoms with Crippen molar-refractivity contribution < 1.29 is 111 Å². The predicted octanol–water partition coefficient (Wildman–Crippen LogP) is 28.3. The molecule has 4 aromatic heterocycles. The number of carboxylic acid groups (broad SMARTS) is 1. The molecule has 28 nitrogen and oxygen atoms in total. The Morgan fingerprint density at radius 1 is 0.416 bits per heavy atom. The molecule has 1 aliphatic heterocycles. The highest BCUT2D eigenvalue weighted by Gasteiger charge is 2.31. The number of ketones is 1. The number of ether oxygens (including phenoxy) is 9. The number of aromatic amines is 1. The van der Waals surface area contributed by atoms with Gasteiger partial charge >= 0.3 is 47.8 Å². The van der Waals surface area contributed by atoms with E-state index in [0.717, 1.165) is 53.1 Å². The first-order chi connectivity index (χ1) is 65.2. The van der Waals surface area contributed by atoms with Gasteiger partial charge in [-0.1, -0.05) is 300 Å². The first kappa shape index (κ1) is 122. The third kappa shape index (κ3) is 39.0. The highest BCUT2D eigenvalue weighted by Crippen LogP contribution is 2.37. The minimum atomic E-state index is -1.18. The summed E-state index contributed by atoms with van der Waals surface area (Å²) >= 11 is 20.0. The van der Waals surface area contributed by atoms with Crippen LogP contribution in [0.25, 0.3) is 43.6 Å². The maximum Gasteiger partial charge on any atom is 0.360 e. The van der Waals surface area contributed by atoms with Gasteiger partial charge in [0.05, 0.1) is 68.7 Å². The Morgan fingerprint density at radius 3 is 1.18 bits per heavy atom. The van der Waals surface area contributed by atoms with Crippen molar-refractivity contribution in [3.05, 3.63) is 296 Å². The summed E-state index contributed by atoms with van der Waals surface area (Å²) in [6.45, 7) is 21.1. The van der Waals surface area contributed by atoms with E-state index in [2.05, 4.69) is 220 Å². The summed E-state index contributed by atoms with van der Waals surface area (Å²) in [7, 11) is 0. The number of H-pyrrole nitrogens is 1. The monoisotopic (exact) mass is 2890 g/mol. The molecule has 0 aliphatic carbocycles. The van der Waals surface area contributed by atoms with Gasteiger partial charge in [0, 0.05) is 88.0 Å². The van der Waals surface area contributed by atoms with Crippen LogP contribution in [0.15, 0.2) is 216 Å². The van der Waals surface area contributed by atoms with Crippen molar-refractivity contribution in [3.63, 3.8) is 0 Å². The molecule has 0 amide bonds. The number of cyclic esters (lactones) is 2. The molecule has 0 fully saturated rings. The molecule has 0 bridgehead atoms. The van der Waals surface area contributed by atoms with Crippen molar-refractivity contribution in [1.82, 2.24) is 19.9 Å². The summed E-state index contributed by atoms with van der Waals surface area (Å²) in [6.07, 6.45) is 4.48. The molecule has 9 aromatic carbocycles. The number of carbonyl (C=O) groups excluding carboxylic acids is 8. The number of rotatable bonds is 23. The number of aromatic nitrogens is 4. The molecule has 1 aliphatic rings. The summed E-state index contributed by atoms with van der Waals surface area (Å²) in [4.78, 5) is 136. The predicted molar refractivity (Wildman–Crippen MR) is 609 cm³/mol. The van der Waals surface area contributed by atoms with Crippen LogP contribution in [0.4, 0.5) is 0 Å². The molecule has 0 spiro atoms. The average molecular weight is 2890 g/mol. The van der Waals surface area contributed by atoms with Crippen LogP contribution in [-0.4, -0.2) is 139 Å². The van der Waals surface area contributed by atoms with Gasteiger partial charge in [-0.15, -0.1) is 0 Å². The maximum atomic E-state index is 12.7. The lowest BCUT2D eigenvalue weighted by Gasteiger charge is -2.12. The topological polar surface area (TPSA) is 402 Å². The van der Waals surface area contributed by atoms with Gasteiger partial charge in [0.2, 0.25) is 0 Å². The molecule has 5 N–H and O–H groups in total. The number of unbranched alkanes of at least 4 members (excludes halogenated alkanes) is 2. The number of benzene rings is 9. The van der Waals surface area contributed by atoms with E-state index in [1.54, 1.807) is 99.6 Å². The molecule has 14 rings (SSSR count). The average Bonchev–Trinajstić information content (AvgIpc) is 1.77. The highest BCUT2D eigenvalue weighted by atomic mass is 128. The summed E-state index contributed by atoms with van der Waals surface area (Å²) in [5, 5.41) is 43.0. The molecule has 0 atom stereocenters. The number of fused-ring (bicyclic) bond motifs is 4. The van der Waals surface area contributed by atoms with Gasteiger partial charge < -0.3 is 72.5 Å². The zero-order valence-electron chi connectivity index (χ0n) is 76.0. The molecule has 0 unspecified atom stereocenters. The molecule has 137 heavy (non-hydrogen) atoms. The van der Waals surface area contributed by atoms with Crippen molar-refractivity contribution in [2.45, 2.75) is 109 Å². The number of nitrogens with one attached hydrogen (secondary N) is 1. The molecule has 0 saturated carbocycles. The normalized spacial score (nSPS) is 10.3. The van der Waals surface area contributed by atoms with Crippen LogP contribution in [0.3, 0.4) is 0 Å². The number of hydrogen-bond acceptors (Lipinski definition) is 26. The third-order valence-electron chi connectivity index (χ3n) is 18.0. The molecule has 13 aromatic rings. The van der Waals surface area contributed by atoms with E-state index in [4.69, 9.17) is 42.3 Å². The zero-order chi connectivity index (χ0) is 101. The minimum Gasteiger partial charge on any atom is -0.505 e. The Kier molecular flexibility index (Phi) is 59.0. The SMILES string of the molecule is C.CCCCOC(=O)c1cc(Oc2ccccc2)ccc1-c1ocnc1C(C)=O.CCCCOC(=O)c1cc(Oc2ccccc2)ccc1C(=O)O.CCOC(=O)c1[nH]c(=O)c2cc(C)ccc2c1O.CCOC(=O)c1nc(C)c2cc(C)ccc2c1O.CCOC(=O)c1nc(C)c2cc(C)ccc2c1O.CI.CI.IC(I)I.ICI.II.O=C1OC(=O)c2cc(Oc3ccccc3)ccc21. The van der Waals surface area contributed by atoms with Gasteiger partial charge in [0.1, 0.15) is 34.4 Å². The molecular weight excluding hydrogens is 2780 g/mol. The van der Waals surface area contributed by atoms with E-state index in [-0.39, 0.29) is 113 Å². The summed E-state index contributed by atoms with van der Waals surface area (Å²) in [6, 6.07) is 57.6. The van der Waals surface area contributed by atoms with E-state index >= 15 is 0 Å². The molecule has 5 heterocycles. The number of halogens is 9. The van der Waals surface area contributed by atoms with Crippen LogP contribution in [0.1, 0.15) is 196 Å². The first-order valence-corrected chi connectivity index (χ1v) is 58.5. The van der Waals surface area contributed by atoms with Crippen molar-refractivity contribution in [2.75, 3.05) is 45.3 Å². The fraction of sp³-hybridized carbons (Fsp3) is 0.250. The van der Waals surface area contributed by atoms with E-state index in [9.17, 15) is 68.4 Å². The number of Topliss-reactive ketones (excluding diaryl/α,β-unsaturated/α-hetero) is 1. The second-order valence-electron chi connectivity index (χ2n) is 27.5. The van der Waals surface area contributed by atoms with E-state index < -0.39 is 53.3 Å². The molecule has 0 saturated heterocycles. The Morgan fingerprint density at radius 2 is 0.781 bits per heavy atom. The number of carboxylic acids is 1. The Balaban J connectivity index is 0.000000414. The van der Waals surface area contributed by atoms with Crippen LogP contribution >= 0.6 is 195 Å². The summed E-state index contributed by atoms with van der Waals surface area (Å²) in [5.41, 5.74) is 5.05. The van der Waals surface area contributed by atoms with Gasteiger partial charge in [0.15, 0.2) is 58.0 Å². The third-order valence-corrected chi connectivity index (χ3v) is 18.0. The standard InChI is InChI=1S/C22H21NO5.C18H18O5.2C14H15NO3.C14H8O4.C13H13NO4.CHI3.CH2I2.2CH3I.CH4.I2/c1-3-4-12-26-22(25)19-13-17(28-16-8-6-5-7-9-16)10-11-18(19)21-20(15(2)24)23-14-27-21;1-2-3-11-22-18(21)16-12-14(9-10-15(16)17(19)20)23-13-7-5-4-6-8-13;2*1-4-18-14(17)12-13(16)10-6-5-8(2)7-11(10)9(3)15-12;15-13-11-7-6-10(8-12(11)14(16)18-13)17-9-4-2-1-3-5-9;1-3-18-13(17)10-11(15)8-5-4-7(2)6-9(8)12(16)14-10;2-1(3)4;2-1-3;2*1-2;;1-2/h5-11,13-14H,3-4,12H2,1-2H3;4-10,12H,2-3,11H2,1H3,(H,19,20);2*5-7,16H,4H2,1-3H3;1-8H;4-6,15H,3H2,1-2H3,(H,14,16);1H;1H2;2*1H3;1H4;. The number of esters is 7. The lowest BCUT2D eigenvalue weighted by molar-refractivity contribution is 0.0435. The lowest BCUT2D eigenvalue weighted by atomic mass is 10.0. The van der Waals surface area contributed by atoms with Gasteiger partial charge in [-0.2, -0.15) is 0 Å². The van der Waals surface area contributed by atoms with Crippen molar-refractivity contribution in [2.24, 2.45) is 0 Å².